The van der Waals surface area contributed by atoms with Crippen LogP contribution in [-0.2, 0) is 9.53 Å². The summed E-state index contributed by atoms with van der Waals surface area (Å²) in [6.45, 7) is 8.09. The van der Waals surface area contributed by atoms with Crippen LogP contribution in [-0.4, -0.2) is 23.1 Å². The highest BCUT2D eigenvalue weighted by Gasteiger charge is 2.40. The van der Waals surface area contributed by atoms with E-state index in [4.69, 9.17) is 4.74 Å². The highest BCUT2D eigenvalue weighted by atomic mass is 32.2. The van der Waals surface area contributed by atoms with Crippen LogP contribution in [0.1, 0.15) is 37.9 Å². The van der Waals surface area contributed by atoms with E-state index >= 15 is 0 Å². The fourth-order valence-electron chi connectivity index (χ4n) is 2.92. The van der Waals surface area contributed by atoms with Gasteiger partial charge in [-0.3, -0.25) is 0 Å². The fourth-order valence-corrected chi connectivity index (χ4v) is 3.96. The lowest BCUT2D eigenvalue weighted by molar-refractivity contribution is -0.136. The number of ether oxygens (including phenoxy) is 1. The van der Waals surface area contributed by atoms with Crippen molar-refractivity contribution in [2.45, 2.75) is 33.7 Å². The summed E-state index contributed by atoms with van der Waals surface area (Å²) in [5.74, 6) is -0.321. The molecule has 0 amide bonds. The quantitative estimate of drug-likeness (QED) is 0.765. The van der Waals surface area contributed by atoms with Crippen LogP contribution in [0.4, 0.5) is 0 Å². The second-order valence-corrected chi connectivity index (χ2v) is 6.99. The first-order valence-corrected chi connectivity index (χ1v) is 8.34. The molecule has 2 aliphatic rings. The van der Waals surface area contributed by atoms with Gasteiger partial charge >= 0.3 is 5.97 Å². The van der Waals surface area contributed by atoms with Gasteiger partial charge in [0.1, 0.15) is 0 Å². The van der Waals surface area contributed by atoms with Crippen LogP contribution in [0.2, 0.25) is 0 Å². The van der Waals surface area contributed by atoms with E-state index in [9.17, 15) is 4.79 Å². The maximum Gasteiger partial charge on any atom is 0.338 e. The van der Waals surface area contributed by atoms with Gasteiger partial charge in [-0.05, 0) is 33.3 Å². The van der Waals surface area contributed by atoms with E-state index in [2.05, 4.69) is 54.9 Å². The SMILES string of the molecule is COC(=O)C1=C(C)N=C2SC(C)=C(C)N2[C@@H]1c1ccc(C)cc1. The lowest BCUT2D eigenvalue weighted by atomic mass is 9.93. The summed E-state index contributed by atoms with van der Waals surface area (Å²) in [6.07, 6.45) is 0. The van der Waals surface area contributed by atoms with Gasteiger partial charge in [0, 0.05) is 10.6 Å². The second kappa shape index (κ2) is 5.89. The Morgan fingerprint density at radius 3 is 2.43 bits per heavy atom. The summed E-state index contributed by atoms with van der Waals surface area (Å²) in [6, 6.07) is 8.09. The zero-order chi connectivity index (χ0) is 16.7. The van der Waals surface area contributed by atoms with Crippen LogP contribution < -0.4 is 0 Å². The van der Waals surface area contributed by atoms with Gasteiger partial charge in [-0.25, -0.2) is 9.79 Å². The monoisotopic (exact) mass is 328 g/mol. The molecule has 3 rings (SSSR count). The average Bonchev–Trinajstić information content (AvgIpc) is 2.80. The maximum absolute atomic E-state index is 12.4. The van der Waals surface area contributed by atoms with E-state index < -0.39 is 0 Å². The predicted molar refractivity (Wildman–Crippen MR) is 93.9 cm³/mol. The number of hydrogen-bond acceptors (Lipinski definition) is 5. The molecule has 0 spiro atoms. The molecule has 5 heteroatoms. The number of thioether (sulfide) groups is 1. The van der Waals surface area contributed by atoms with E-state index in [1.807, 2.05) is 6.92 Å². The first-order valence-electron chi connectivity index (χ1n) is 7.53. The average molecular weight is 328 g/mol. The Morgan fingerprint density at radius 2 is 1.83 bits per heavy atom. The Bertz CT molecular complexity index is 760. The van der Waals surface area contributed by atoms with Crippen LogP contribution in [0.5, 0.6) is 0 Å². The lowest BCUT2D eigenvalue weighted by Gasteiger charge is -2.35. The van der Waals surface area contributed by atoms with Crippen molar-refractivity contribution in [2.24, 2.45) is 4.99 Å². The number of nitrogens with zero attached hydrogens (tertiary/aromatic N) is 2. The molecule has 4 nitrogen and oxygen atoms in total. The molecule has 0 saturated carbocycles. The molecule has 0 radical (unpaired) electrons. The van der Waals surface area contributed by atoms with Gasteiger partial charge in [-0.15, -0.1) is 0 Å². The zero-order valence-electron chi connectivity index (χ0n) is 14.0. The van der Waals surface area contributed by atoms with Crippen molar-refractivity contribution in [3.05, 3.63) is 57.3 Å². The molecule has 1 atom stereocenters. The first-order chi connectivity index (χ1) is 10.9. The Kier molecular flexibility index (Phi) is 4.06. The number of hydrogen-bond donors (Lipinski definition) is 0. The molecule has 1 aromatic rings. The Hall–Kier alpha value is -2.01. The third-order valence-electron chi connectivity index (χ3n) is 4.30. The lowest BCUT2D eigenvalue weighted by Crippen LogP contribution is -2.35. The van der Waals surface area contributed by atoms with E-state index in [0.717, 1.165) is 22.1 Å². The minimum atomic E-state index is -0.321. The van der Waals surface area contributed by atoms with Crippen molar-refractivity contribution in [3.8, 4) is 0 Å². The normalized spacial score (nSPS) is 20.7. The molecule has 23 heavy (non-hydrogen) atoms. The van der Waals surface area contributed by atoms with Gasteiger partial charge in [0.2, 0.25) is 0 Å². The van der Waals surface area contributed by atoms with Crippen molar-refractivity contribution >= 4 is 22.9 Å². The van der Waals surface area contributed by atoms with E-state index in [-0.39, 0.29) is 12.0 Å². The molecule has 0 unspecified atom stereocenters. The molecule has 2 aliphatic heterocycles. The Labute approximate surface area is 140 Å². The first kappa shape index (κ1) is 15.9. The minimum absolute atomic E-state index is 0.194. The summed E-state index contributed by atoms with van der Waals surface area (Å²) >= 11 is 1.65. The van der Waals surface area contributed by atoms with E-state index in [1.54, 1.807) is 11.8 Å². The van der Waals surface area contributed by atoms with Crippen molar-refractivity contribution in [2.75, 3.05) is 7.11 Å². The maximum atomic E-state index is 12.4. The molecule has 0 aliphatic carbocycles. The zero-order valence-corrected chi connectivity index (χ0v) is 14.8. The van der Waals surface area contributed by atoms with Crippen LogP contribution in [0.25, 0.3) is 0 Å². The number of esters is 1. The number of allylic oxidation sites excluding steroid dienone is 3. The fraction of sp³-hybridized carbons (Fsp3) is 0.333. The minimum Gasteiger partial charge on any atom is -0.466 e. The number of aliphatic imine (C=N–C) groups is 1. The highest BCUT2D eigenvalue weighted by Crippen LogP contribution is 2.46. The van der Waals surface area contributed by atoms with Crippen molar-refractivity contribution in [1.82, 2.24) is 4.90 Å². The van der Waals surface area contributed by atoms with Crippen LogP contribution in [0.3, 0.4) is 0 Å². The third-order valence-corrected chi connectivity index (χ3v) is 5.38. The molecule has 0 fully saturated rings. The van der Waals surface area contributed by atoms with E-state index in [1.165, 1.54) is 17.6 Å². The Morgan fingerprint density at radius 1 is 1.17 bits per heavy atom. The van der Waals surface area contributed by atoms with Crippen molar-refractivity contribution in [3.63, 3.8) is 0 Å². The van der Waals surface area contributed by atoms with Crippen molar-refractivity contribution in [1.29, 1.82) is 0 Å². The molecule has 2 heterocycles. The van der Waals surface area contributed by atoms with Gasteiger partial charge < -0.3 is 9.64 Å². The summed E-state index contributed by atoms with van der Waals surface area (Å²) in [4.78, 5) is 20.4. The largest absolute Gasteiger partial charge is 0.466 e. The molecule has 0 N–H and O–H groups in total. The molecule has 1 aromatic carbocycles. The summed E-state index contributed by atoms with van der Waals surface area (Å²) in [5, 5.41) is 0.927. The standard InChI is InChI=1S/C18H20N2O2S/c1-10-6-8-14(9-7-10)16-15(17(21)22-5)11(2)19-18-20(16)12(3)13(4)23-18/h6-9,16H,1-5H3/t16-/m1/s1. The number of carbonyl (C=O) groups excluding carboxylic acids is 1. The molecular weight excluding hydrogens is 308 g/mol. The number of amidine groups is 1. The molecule has 0 aromatic heterocycles. The summed E-state index contributed by atoms with van der Waals surface area (Å²) in [5.41, 5.74) is 4.72. The van der Waals surface area contributed by atoms with Crippen LogP contribution in [0, 0.1) is 6.92 Å². The number of benzene rings is 1. The van der Waals surface area contributed by atoms with Crippen LogP contribution in [0.15, 0.2) is 51.1 Å². The molecule has 0 bridgehead atoms. The second-order valence-electron chi connectivity index (χ2n) is 5.81. The van der Waals surface area contributed by atoms with Gasteiger partial charge in [-0.1, -0.05) is 41.6 Å². The van der Waals surface area contributed by atoms with Crippen molar-refractivity contribution < 1.29 is 9.53 Å². The number of fused-ring (bicyclic) bond motifs is 1. The van der Waals surface area contributed by atoms with Gasteiger partial charge in [0.05, 0.1) is 24.4 Å². The molecule has 120 valence electrons. The third kappa shape index (κ3) is 2.59. The van der Waals surface area contributed by atoms with E-state index in [0.29, 0.717) is 5.57 Å². The van der Waals surface area contributed by atoms with Crippen LogP contribution >= 0.6 is 11.8 Å². The highest BCUT2D eigenvalue weighted by molar-refractivity contribution is 8.17. The van der Waals surface area contributed by atoms with Gasteiger partial charge in [-0.2, -0.15) is 0 Å². The Balaban J connectivity index is 2.19. The number of aryl methyl sites for hydroxylation is 1. The smallest absolute Gasteiger partial charge is 0.338 e. The predicted octanol–water partition coefficient (Wildman–Crippen LogP) is 4.15. The van der Waals surface area contributed by atoms with Gasteiger partial charge in [0.15, 0.2) is 5.17 Å². The topological polar surface area (TPSA) is 41.9 Å². The molecule has 0 saturated heterocycles. The summed E-state index contributed by atoms with van der Waals surface area (Å²) < 4.78 is 5.03. The number of methoxy groups -OCH3 is 1. The number of carbonyl (C=O) groups is 1. The number of rotatable bonds is 2. The summed E-state index contributed by atoms with van der Waals surface area (Å²) in [7, 11) is 1.42. The van der Waals surface area contributed by atoms with Gasteiger partial charge in [0.25, 0.3) is 0 Å². The molecular formula is C18H20N2O2S.